The molecular formula is C20H35IN4O2S. The predicted octanol–water partition coefficient (Wildman–Crippen LogP) is 2.65. The number of nitrogens with one attached hydrogen (secondary N) is 2. The van der Waals surface area contributed by atoms with Crippen LogP contribution in [0.4, 0.5) is 0 Å². The Hall–Kier alpha value is -0.870. The van der Waals surface area contributed by atoms with E-state index in [2.05, 4.69) is 45.9 Å². The van der Waals surface area contributed by atoms with Crippen molar-refractivity contribution in [3.05, 3.63) is 35.9 Å². The monoisotopic (exact) mass is 522 g/mol. The van der Waals surface area contributed by atoms with Gasteiger partial charge in [0.25, 0.3) is 0 Å². The van der Waals surface area contributed by atoms with Gasteiger partial charge in [-0.1, -0.05) is 30.3 Å². The molecule has 0 bridgehead atoms. The largest absolute Gasteiger partial charge is 0.357 e. The first-order valence-corrected chi connectivity index (χ1v) is 11.9. The summed E-state index contributed by atoms with van der Waals surface area (Å²) in [6, 6.07) is 11.1. The van der Waals surface area contributed by atoms with Gasteiger partial charge in [0.2, 0.25) is 0 Å². The summed E-state index contributed by atoms with van der Waals surface area (Å²) in [5.74, 6) is 0.957. The van der Waals surface area contributed by atoms with Gasteiger partial charge < -0.3 is 10.6 Å². The third kappa shape index (κ3) is 9.56. The Morgan fingerprint density at radius 1 is 1.32 bits per heavy atom. The maximum Gasteiger partial charge on any atom is 0.191 e. The number of hydrogen-bond acceptors (Lipinski definition) is 4. The molecule has 0 radical (unpaired) electrons. The fourth-order valence-corrected chi connectivity index (χ4v) is 4.12. The Morgan fingerprint density at radius 2 is 2.04 bits per heavy atom. The number of guanidine groups is 1. The second kappa shape index (κ2) is 12.6. The molecule has 1 heterocycles. The summed E-state index contributed by atoms with van der Waals surface area (Å²) in [5.41, 5.74) is 1.34. The van der Waals surface area contributed by atoms with Crippen molar-refractivity contribution in [2.45, 2.75) is 51.7 Å². The van der Waals surface area contributed by atoms with Gasteiger partial charge in [0.15, 0.2) is 5.96 Å². The number of sulfone groups is 1. The quantitative estimate of drug-likeness (QED) is 0.297. The van der Waals surface area contributed by atoms with Crippen LogP contribution in [0.2, 0.25) is 0 Å². The van der Waals surface area contributed by atoms with E-state index in [-0.39, 0.29) is 35.8 Å². The van der Waals surface area contributed by atoms with Crippen molar-refractivity contribution >= 4 is 39.8 Å². The third-order valence-electron chi connectivity index (χ3n) is 4.84. The van der Waals surface area contributed by atoms with E-state index in [4.69, 9.17) is 4.99 Å². The highest BCUT2D eigenvalue weighted by Crippen LogP contribution is 2.20. The van der Waals surface area contributed by atoms with Gasteiger partial charge in [0, 0.05) is 31.4 Å². The minimum Gasteiger partial charge on any atom is -0.357 e. The zero-order chi connectivity index (χ0) is 19.7. The lowest BCUT2D eigenvalue weighted by molar-refractivity contribution is 0.250. The van der Waals surface area contributed by atoms with Crippen LogP contribution < -0.4 is 10.6 Å². The van der Waals surface area contributed by atoms with Gasteiger partial charge in [0.1, 0.15) is 9.84 Å². The highest BCUT2D eigenvalue weighted by atomic mass is 127. The Balaban J connectivity index is 0.00000392. The van der Waals surface area contributed by atoms with Crippen molar-refractivity contribution in [3.8, 4) is 0 Å². The van der Waals surface area contributed by atoms with Crippen LogP contribution in [0.1, 0.15) is 38.7 Å². The van der Waals surface area contributed by atoms with Gasteiger partial charge in [-0.05, 0) is 45.2 Å². The molecule has 0 aromatic heterocycles. The lowest BCUT2D eigenvalue weighted by atomic mass is 10.2. The van der Waals surface area contributed by atoms with E-state index in [9.17, 15) is 8.42 Å². The van der Waals surface area contributed by atoms with Crippen LogP contribution in [0.5, 0.6) is 0 Å². The molecule has 0 saturated carbocycles. The van der Waals surface area contributed by atoms with Gasteiger partial charge in [-0.15, -0.1) is 24.0 Å². The normalized spacial score (nSPS) is 19.1. The van der Waals surface area contributed by atoms with Crippen LogP contribution in [-0.2, 0) is 16.4 Å². The van der Waals surface area contributed by atoms with E-state index < -0.39 is 9.84 Å². The summed E-state index contributed by atoms with van der Waals surface area (Å²) in [7, 11) is -2.94. The van der Waals surface area contributed by atoms with Crippen LogP contribution in [0.15, 0.2) is 35.3 Å². The van der Waals surface area contributed by atoms with Crippen molar-refractivity contribution in [2.24, 2.45) is 4.99 Å². The average molecular weight is 522 g/mol. The molecule has 8 heteroatoms. The molecular weight excluding hydrogens is 487 g/mol. The maximum absolute atomic E-state index is 11.4. The summed E-state index contributed by atoms with van der Waals surface area (Å²) in [5, 5.41) is 6.60. The van der Waals surface area contributed by atoms with E-state index in [0.717, 1.165) is 32.1 Å². The molecule has 28 heavy (non-hydrogen) atoms. The molecule has 2 atom stereocenters. The molecule has 0 spiro atoms. The van der Waals surface area contributed by atoms with E-state index in [1.807, 2.05) is 13.8 Å². The highest BCUT2D eigenvalue weighted by molar-refractivity contribution is 14.0. The number of hydrogen-bond donors (Lipinski definition) is 2. The molecule has 2 rings (SSSR count). The first-order chi connectivity index (χ1) is 12.9. The molecule has 1 aromatic carbocycles. The standard InChI is InChI=1S/C20H34N4O2S.HI/c1-4-21-20(23-17(2)12-14-27(3,25)26)22-15-19-11-8-13-24(19)16-18-9-6-5-7-10-18;/h5-7,9-10,17,19H,4,8,11-16H2,1-3H3,(H2,21,22,23);1H. The van der Waals surface area contributed by atoms with E-state index in [1.54, 1.807) is 0 Å². The number of nitrogens with zero attached hydrogens (tertiary/aromatic N) is 2. The zero-order valence-corrected chi connectivity index (χ0v) is 20.4. The number of aliphatic imine (C=N–C) groups is 1. The fraction of sp³-hybridized carbons (Fsp3) is 0.650. The number of halogens is 1. The van der Waals surface area contributed by atoms with Crippen molar-refractivity contribution < 1.29 is 8.42 Å². The summed E-state index contributed by atoms with van der Waals surface area (Å²) >= 11 is 0. The average Bonchev–Trinajstić information content (AvgIpc) is 3.05. The minimum atomic E-state index is -2.94. The van der Waals surface area contributed by atoms with Gasteiger partial charge in [-0.2, -0.15) is 0 Å². The van der Waals surface area contributed by atoms with E-state index in [0.29, 0.717) is 12.5 Å². The molecule has 1 aromatic rings. The highest BCUT2D eigenvalue weighted by Gasteiger charge is 2.24. The molecule has 1 saturated heterocycles. The van der Waals surface area contributed by atoms with Gasteiger partial charge >= 0.3 is 0 Å². The van der Waals surface area contributed by atoms with Crippen LogP contribution >= 0.6 is 24.0 Å². The van der Waals surface area contributed by atoms with Crippen molar-refractivity contribution in [1.82, 2.24) is 15.5 Å². The van der Waals surface area contributed by atoms with Crippen LogP contribution in [-0.4, -0.2) is 63.0 Å². The SMILES string of the molecule is CCNC(=NCC1CCCN1Cc1ccccc1)NC(C)CCS(C)(=O)=O.I. The molecule has 2 unspecified atom stereocenters. The molecule has 0 amide bonds. The smallest absolute Gasteiger partial charge is 0.191 e. The minimum absolute atomic E-state index is 0. The number of rotatable bonds is 9. The number of benzene rings is 1. The molecule has 0 aliphatic carbocycles. The van der Waals surface area contributed by atoms with E-state index in [1.165, 1.54) is 24.7 Å². The Labute approximate surface area is 187 Å². The van der Waals surface area contributed by atoms with Crippen molar-refractivity contribution in [2.75, 3.05) is 31.6 Å². The lowest BCUT2D eigenvalue weighted by Crippen LogP contribution is -2.43. The van der Waals surface area contributed by atoms with E-state index >= 15 is 0 Å². The summed E-state index contributed by atoms with van der Waals surface area (Å²) in [4.78, 5) is 7.28. The summed E-state index contributed by atoms with van der Waals surface area (Å²) in [6.45, 7) is 7.65. The first kappa shape index (κ1) is 25.2. The Morgan fingerprint density at radius 3 is 2.68 bits per heavy atom. The molecule has 1 fully saturated rings. The van der Waals surface area contributed by atoms with Crippen molar-refractivity contribution in [1.29, 1.82) is 0 Å². The van der Waals surface area contributed by atoms with Crippen molar-refractivity contribution in [3.63, 3.8) is 0 Å². The topological polar surface area (TPSA) is 73.8 Å². The molecule has 1 aliphatic heterocycles. The van der Waals surface area contributed by atoms with Gasteiger partial charge in [-0.3, -0.25) is 9.89 Å². The number of likely N-dealkylation sites (tertiary alicyclic amines) is 1. The third-order valence-corrected chi connectivity index (χ3v) is 5.81. The Kier molecular flexibility index (Phi) is 11.4. The van der Waals surface area contributed by atoms with Crippen LogP contribution in [0, 0.1) is 0 Å². The lowest BCUT2D eigenvalue weighted by Gasteiger charge is -2.24. The molecule has 6 nitrogen and oxygen atoms in total. The zero-order valence-electron chi connectivity index (χ0n) is 17.2. The van der Waals surface area contributed by atoms with Gasteiger partial charge in [-0.25, -0.2) is 8.42 Å². The Bertz CT molecular complexity index is 697. The fourth-order valence-electron chi connectivity index (χ4n) is 3.34. The van der Waals surface area contributed by atoms with Crippen LogP contribution in [0.25, 0.3) is 0 Å². The molecule has 2 N–H and O–H groups in total. The second-order valence-electron chi connectivity index (χ2n) is 7.44. The van der Waals surface area contributed by atoms with Gasteiger partial charge in [0.05, 0.1) is 12.3 Å². The maximum atomic E-state index is 11.4. The molecule has 1 aliphatic rings. The van der Waals surface area contributed by atoms with Crippen LogP contribution in [0.3, 0.4) is 0 Å². The molecule has 160 valence electrons. The first-order valence-electron chi connectivity index (χ1n) is 9.88. The summed E-state index contributed by atoms with van der Waals surface area (Å²) in [6.07, 6.45) is 4.23. The second-order valence-corrected chi connectivity index (χ2v) is 9.70. The summed E-state index contributed by atoms with van der Waals surface area (Å²) < 4.78 is 22.7. The predicted molar refractivity (Wildman–Crippen MR) is 128 cm³/mol.